The zero-order valence-electron chi connectivity index (χ0n) is 19.2. The van der Waals surface area contributed by atoms with Crippen LogP contribution in [0, 0.1) is 0 Å². The first-order chi connectivity index (χ1) is 16.4. The zero-order chi connectivity index (χ0) is 24.1. The van der Waals surface area contributed by atoms with Crippen LogP contribution in [0.1, 0.15) is 25.3 Å². The minimum atomic E-state index is -3.77. The van der Waals surface area contributed by atoms with E-state index in [0.717, 1.165) is 16.3 Å². The molecule has 4 rings (SSSR count). The molecule has 0 aromatic heterocycles. The average molecular weight is 480 g/mol. The summed E-state index contributed by atoms with van der Waals surface area (Å²) in [7, 11) is -3.77. The Morgan fingerprint density at radius 3 is 2.38 bits per heavy atom. The van der Waals surface area contributed by atoms with E-state index in [0.29, 0.717) is 19.4 Å². The predicted octanol–water partition coefficient (Wildman–Crippen LogP) is 3.16. The first kappa shape index (κ1) is 23.9. The summed E-state index contributed by atoms with van der Waals surface area (Å²) in [5, 5.41) is 5.11. The Kier molecular flexibility index (Phi) is 7.29. The number of rotatable bonds is 7. The second-order valence-electron chi connectivity index (χ2n) is 8.43. The van der Waals surface area contributed by atoms with Gasteiger partial charge in [-0.15, -0.1) is 0 Å². The van der Waals surface area contributed by atoms with Gasteiger partial charge in [0.15, 0.2) is 0 Å². The molecule has 1 fully saturated rings. The highest BCUT2D eigenvalue weighted by molar-refractivity contribution is 7.89. The summed E-state index contributed by atoms with van der Waals surface area (Å²) >= 11 is 0. The van der Waals surface area contributed by atoms with E-state index in [1.165, 1.54) is 9.21 Å². The fourth-order valence-corrected chi connectivity index (χ4v) is 5.71. The molecule has 0 saturated carbocycles. The first-order valence-electron chi connectivity index (χ1n) is 11.5. The Morgan fingerprint density at radius 1 is 0.941 bits per heavy atom. The maximum Gasteiger partial charge on any atom is 0.244 e. The zero-order valence-corrected chi connectivity index (χ0v) is 20.0. The third-order valence-corrected chi connectivity index (χ3v) is 7.97. The molecule has 1 atom stereocenters. The van der Waals surface area contributed by atoms with E-state index in [4.69, 9.17) is 0 Å². The number of nitrogens with zero attached hydrogens (tertiary/aromatic N) is 2. The molecule has 1 N–H and O–H groups in total. The summed E-state index contributed by atoms with van der Waals surface area (Å²) < 4.78 is 27.6. The van der Waals surface area contributed by atoms with Crippen molar-refractivity contribution in [3.8, 4) is 0 Å². The largest absolute Gasteiger partial charge is 0.350 e. The van der Waals surface area contributed by atoms with Crippen LogP contribution in [-0.4, -0.2) is 55.1 Å². The van der Waals surface area contributed by atoms with Crippen molar-refractivity contribution in [2.24, 2.45) is 0 Å². The number of nitrogens with one attached hydrogen (secondary N) is 1. The summed E-state index contributed by atoms with van der Waals surface area (Å²) in [5.41, 5.74) is 0.933. The van der Waals surface area contributed by atoms with Gasteiger partial charge in [-0.25, -0.2) is 8.42 Å². The van der Waals surface area contributed by atoms with E-state index >= 15 is 0 Å². The molecule has 1 aliphatic rings. The molecule has 8 heteroatoms. The standard InChI is InChI=1S/C26H29N3O4S/c1-2-8-25(30)29-16-15-28(34(32,33)23-11-4-3-5-12-23)19-24(29)26(31)27-18-20-13-14-21-9-6-7-10-22(21)17-20/h3-7,9-14,17,24H,2,8,15-16,18-19H2,1H3,(H,27,31). The number of sulfonamides is 1. The highest BCUT2D eigenvalue weighted by atomic mass is 32.2. The van der Waals surface area contributed by atoms with Gasteiger partial charge in [0.05, 0.1) is 4.90 Å². The van der Waals surface area contributed by atoms with Crippen molar-refractivity contribution in [1.82, 2.24) is 14.5 Å². The summed E-state index contributed by atoms with van der Waals surface area (Å²) in [6.45, 7) is 2.46. The molecule has 3 aromatic carbocycles. The molecule has 7 nitrogen and oxygen atoms in total. The Balaban J connectivity index is 1.52. The summed E-state index contributed by atoms with van der Waals surface area (Å²) in [5.74, 6) is -0.490. The monoisotopic (exact) mass is 479 g/mol. The van der Waals surface area contributed by atoms with E-state index < -0.39 is 16.1 Å². The minimum Gasteiger partial charge on any atom is -0.350 e. The number of carbonyl (C=O) groups is 2. The van der Waals surface area contributed by atoms with Gasteiger partial charge >= 0.3 is 0 Å². The Hall–Kier alpha value is -3.23. The molecule has 1 aliphatic heterocycles. The molecule has 0 aliphatic carbocycles. The fraction of sp³-hybridized carbons (Fsp3) is 0.308. The summed E-state index contributed by atoms with van der Waals surface area (Å²) in [6.07, 6.45) is 0.979. The lowest BCUT2D eigenvalue weighted by atomic mass is 10.1. The van der Waals surface area contributed by atoms with Crippen molar-refractivity contribution >= 4 is 32.6 Å². The molecule has 178 valence electrons. The predicted molar refractivity (Wildman–Crippen MR) is 131 cm³/mol. The van der Waals surface area contributed by atoms with Gasteiger partial charge in [0.1, 0.15) is 6.04 Å². The molecule has 1 unspecified atom stereocenters. The normalized spacial score (nSPS) is 17.0. The quantitative estimate of drug-likeness (QED) is 0.564. The van der Waals surface area contributed by atoms with Crippen molar-refractivity contribution < 1.29 is 18.0 Å². The van der Waals surface area contributed by atoms with Crippen molar-refractivity contribution in [3.05, 3.63) is 78.4 Å². The van der Waals surface area contributed by atoms with Crippen LogP contribution in [0.4, 0.5) is 0 Å². The number of fused-ring (bicyclic) bond motifs is 1. The molecule has 0 bridgehead atoms. The Labute approximate surface area is 200 Å². The van der Waals surface area contributed by atoms with Gasteiger partial charge in [-0.1, -0.05) is 61.5 Å². The number of carbonyl (C=O) groups excluding carboxylic acids is 2. The number of piperazine rings is 1. The van der Waals surface area contributed by atoms with Crippen molar-refractivity contribution in [3.63, 3.8) is 0 Å². The maximum atomic E-state index is 13.2. The van der Waals surface area contributed by atoms with Crippen LogP contribution < -0.4 is 5.32 Å². The summed E-state index contributed by atoms with van der Waals surface area (Å²) in [6, 6.07) is 21.2. The van der Waals surface area contributed by atoms with Gasteiger partial charge < -0.3 is 10.2 Å². The van der Waals surface area contributed by atoms with Crippen LogP contribution in [0.5, 0.6) is 0 Å². The lowest BCUT2D eigenvalue weighted by Crippen LogP contribution is -2.61. The highest BCUT2D eigenvalue weighted by Crippen LogP contribution is 2.21. The number of hydrogen-bond acceptors (Lipinski definition) is 4. The van der Waals surface area contributed by atoms with Crippen LogP contribution >= 0.6 is 0 Å². The van der Waals surface area contributed by atoms with E-state index in [2.05, 4.69) is 5.32 Å². The number of amides is 2. The minimum absolute atomic E-state index is 0.0732. The second kappa shape index (κ2) is 10.4. The maximum absolute atomic E-state index is 13.2. The SMILES string of the molecule is CCCC(=O)N1CCN(S(=O)(=O)c2ccccc2)CC1C(=O)NCc1ccc2ccccc2c1. The van der Waals surface area contributed by atoms with Gasteiger partial charge in [0, 0.05) is 32.6 Å². The van der Waals surface area contributed by atoms with Crippen LogP contribution in [0.25, 0.3) is 10.8 Å². The van der Waals surface area contributed by atoms with E-state index in [9.17, 15) is 18.0 Å². The lowest BCUT2D eigenvalue weighted by molar-refractivity contribution is -0.142. The number of benzene rings is 3. The van der Waals surface area contributed by atoms with Crippen molar-refractivity contribution in [2.45, 2.75) is 37.2 Å². The molecule has 1 heterocycles. The first-order valence-corrected chi connectivity index (χ1v) is 12.9. The van der Waals surface area contributed by atoms with Crippen LogP contribution in [-0.2, 0) is 26.2 Å². The molecule has 1 saturated heterocycles. The average Bonchev–Trinajstić information content (AvgIpc) is 2.87. The van der Waals surface area contributed by atoms with Gasteiger partial charge in [-0.2, -0.15) is 4.31 Å². The Bertz CT molecular complexity index is 1280. The van der Waals surface area contributed by atoms with Crippen LogP contribution in [0.2, 0.25) is 0 Å². The van der Waals surface area contributed by atoms with Gasteiger partial charge in [0.2, 0.25) is 21.8 Å². The molecule has 2 amide bonds. The highest BCUT2D eigenvalue weighted by Gasteiger charge is 2.39. The third-order valence-electron chi connectivity index (χ3n) is 6.09. The molecule has 0 spiro atoms. The van der Waals surface area contributed by atoms with Gasteiger partial charge in [-0.05, 0) is 41.0 Å². The Morgan fingerprint density at radius 2 is 1.65 bits per heavy atom. The lowest BCUT2D eigenvalue weighted by Gasteiger charge is -2.40. The van der Waals surface area contributed by atoms with Crippen LogP contribution in [0.3, 0.4) is 0 Å². The molecule has 34 heavy (non-hydrogen) atoms. The summed E-state index contributed by atoms with van der Waals surface area (Å²) in [4.78, 5) is 27.7. The molecule has 3 aromatic rings. The third kappa shape index (κ3) is 5.13. The van der Waals surface area contributed by atoms with E-state index in [-0.39, 0.29) is 36.3 Å². The van der Waals surface area contributed by atoms with E-state index in [1.807, 2.05) is 49.4 Å². The van der Waals surface area contributed by atoms with Crippen LogP contribution in [0.15, 0.2) is 77.7 Å². The molecular formula is C26H29N3O4S. The van der Waals surface area contributed by atoms with Crippen molar-refractivity contribution in [2.75, 3.05) is 19.6 Å². The smallest absolute Gasteiger partial charge is 0.244 e. The molecular weight excluding hydrogens is 450 g/mol. The topological polar surface area (TPSA) is 86.8 Å². The second-order valence-corrected chi connectivity index (χ2v) is 10.4. The van der Waals surface area contributed by atoms with Crippen molar-refractivity contribution in [1.29, 1.82) is 0 Å². The number of hydrogen-bond donors (Lipinski definition) is 1. The van der Waals surface area contributed by atoms with E-state index in [1.54, 1.807) is 30.3 Å². The van der Waals surface area contributed by atoms with Gasteiger partial charge in [0.25, 0.3) is 0 Å². The fourth-order valence-electron chi connectivity index (χ4n) is 4.25. The van der Waals surface area contributed by atoms with Gasteiger partial charge in [-0.3, -0.25) is 9.59 Å². The molecule has 0 radical (unpaired) electrons.